The summed E-state index contributed by atoms with van der Waals surface area (Å²) in [6.07, 6.45) is 8.79. The number of rotatable bonds is 3. The van der Waals surface area contributed by atoms with Gasteiger partial charge in [-0.3, -0.25) is 0 Å². The molecule has 0 aliphatic carbocycles. The largest absolute Gasteiger partial charge is 0.355 e. The molecule has 1 nitrogen and oxygen atoms in total. The molecule has 1 N–H and O–H groups in total. The van der Waals surface area contributed by atoms with E-state index in [1.807, 2.05) is 39.8 Å². The van der Waals surface area contributed by atoms with E-state index in [0.29, 0.717) is 0 Å². The van der Waals surface area contributed by atoms with E-state index >= 15 is 0 Å². The molecule has 0 fully saturated rings. The quantitative estimate of drug-likeness (QED) is 0.829. The molecule has 102 valence electrons. The minimum absolute atomic E-state index is 1.02. The van der Waals surface area contributed by atoms with Gasteiger partial charge in [0.05, 0.1) is 0 Å². The maximum absolute atomic E-state index is 3.80. The number of hydrogen-bond acceptors (Lipinski definition) is 0. The molecule has 1 aromatic rings. The average molecular weight is 247 g/mol. The smallest absolute Gasteiger partial charge is 0.0457 e. The van der Waals surface area contributed by atoms with E-state index in [2.05, 4.69) is 38.1 Å². The Kier molecular flexibility index (Phi) is 12.5. The van der Waals surface area contributed by atoms with Gasteiger partial charge in [0.15, 0.2) is 0 Å². The highest BCUT2D eigenvalue weighted by Gasteiger charge is 2.02. The lowest BCUT2D eigenvalue weighted by atomic mass is 10.1. The van der Waals surface area contributed by atoms with Crippen LogP contribution in [-0.4, -0.2) is 4.98 Å². The number of aromatic amines is 1. The normalized spacial score (nSPS) is 11.0. The van der Waals surface area contributed by atoms with Gasteiger partial charge in [0.1, 0.15) is 0 Å². The molecule has 1 heterocycles. The number of H-pyrrole nitrogens is 1. The molecule has 0 unspecified atom stereocenters. The first kappa shape index (κ1) is 18.9. The van der Waals surface area contributed by atoms with Gasteiger partial charge >= 0.3 is 0 Å². The van der Waals surface area contributed by atoms with Gasteiger partial charge < -0.3 is 4.98 Å². The molecule has 0 radical (unpaired) electrons. The van der Waals surface area contributed by atoms with Gasteiger partial charge in [0.25, 0.3) is 0 Å². The summed E-state index contributed by atoms with van der Waals surface area (Å²) in [5, 5.41) is 2.39. The molecule has 1 heteroatoms. The maximum Gasteiger partial charge on any atom is 0.0457 e. The van der Waals surface area contributed by atoms with Crippen molar-refractivity contribution < 1.29 is 0 Å². The third-order valence-electron chi connectivity index (χ3n) is 2.34. The molecule has 0 saturated heterocycles. The summed E-state index contributed by atoms with van der Waals surface area (Å²) in [6.45, 7) is 19.7. The zero-order valence-corrected chi connectivity index (χ0v) is 12.9. The molecule has 0 spiro atoms. The fourth-order valence-corrected chi connectivity index (χ4v) is 1.73. The Hall–Kier alpha value is -1.50. The Morgan fingerprint density at radius 3 is 2.00 bits per heavy atom. The van der Waals surface area contributed by atoms with Crippen molar-refractivity contribution in [3.8, 4) is 0 Å². The fourth-order valence-electron chi connectivity index (χ4n) is 1.73. The predicted molar refractivity (Wildman–Crippen MR) is 87.0 cm³/mol. The Morgan fingerprint density at radius 1 is 1.11 bits per heavy atom. The first-order chi connectivity index (χ1) is 8.78. The van der Waals surface area contributed by atoms with Crippen molar-refractivity contribution in [3.05, 3.63) is 41.1 Å². The van der Waals surface area contributed by atoms with Crippen LogP contribution < -0.4 is 10.6 Å². The Balaban J connectivity index is 0. The molecule has 0 aromatic carbocycles. The zero-order valence-electron chi connectivity index (χ0n) is 12.9. The maximum atomic E-state index is 3.80. The number of aromatic nitrogens is 1. The second kappa shape index (κ2) is 12.0. The third kappa shape index (κ3) is 4.79. The van der Waals surface area contributed by atoms with E-state index in [1.54, 1.807) is 6.08 Å². The van der Waals surface area contributed by atoms with Crippen LogP contribution >= 0.6 is 0 Å². The first-order valence-corrected chi connectivity index (χ1v) is 6.90. The lowest BCUT2D eigenvalue weighted by molar-refractivity contribution is 1.12. The lowest BCUT2D eigenvalue weighted by Crippen LogP contribution is -2.24. The van der Waals surface area contributed by atoms with E-state index < -0.39 is 0 Å². The van der Waals surface area contributed by atoms with Gasteiger partial charge in [-0.05, 0) is 36.3 Å². The molecule has 1 rings (SSSR count). The minimum Gasteiger partial charge on any atom is -0.355 e. The van der Waals surface area contributed by atoms with Crippen molar-refractivity contribution >= 4 is 18.2 Å². The second-order valence-electron chi connectivity index (χ2n) is 3.09. The van der Waals surface area contributed by atoms with Gasteiger partial charge in [-0.2, -0.15) is 0 Å². The number of nitrogens with one attached hydrogen (secondary N) is 1. The van der Waals surface area contributed by atoms with Gasteiger partial charge in [0, 0.05) is 11.0 Å². The number of allylic oxidation sites excluding steroid dienone is 1. The van der Waals surface area contributed by atoms with Crippen LogP contribution in [0.15, 0.2) is 19.2 Å². The molecular weight excluding hydrogens is 218 g/mol. The van der Waals surface area contributed by atoms with Crippen LogP contribution in [0, 0.1) is 0 Å². The van der Waals surface area contributed by atoms with Crippen LogP contribution in [0.25, 0.3) is 18.2 Å². The predicted octanol–water partition coefficient (Wildman–Crippen LogP) is 4.04. The fraction of sp³-hybridized carbons (Fsp3) is 0.412. The van der Waals surface area contributed by atoms with Crippen molar-refractivity contribution in [1.82, 2.24) is 4.98 Å². The molecule has 0 aliphatic heterocycles. The summed E-state index contributed by atoms with van der Waals surface area (Å²) < 4.78 is 0. The van der Waals surface area contributed by atoms with Crippen LogP contribution in [0.3, 0.4) is 0 Å². The van der Waals surface area contributed by atoms with E-state index in [4.69, 9.17) is 0 Å². The molecule has 0 bridgehead atoms. The monoisotopic (exact) mass is 247 g/mol. The molecule has 0 saturated carbocycles. The highest BCUT2D eigenvalue weighted by molar-refractivity contribution is 5.52. The highest BCUT2D eigenvalue weighted by Crippen LogP contribution is 2.00. The topological polar surface area (TPSA) is 15.8 Å². The number of hydrogen-bond donors (Lipinski definition) is 1. The average Bonchev–Trinajstić information content (AvgIpc) is 2.80. The van der Waals surface area contributed by atoms with Crippen molar-refractivity contribution in [2.45, 2.75) is 48.0 Å². The SMILES string of the molecule is C=C/C=c1/[nH]c(C=C)c(CC)/c1=C/C.CC.CC. The van der Waals surface area contributed by atoms with Crippen LogP contribution in [0.5, 0.6) is 0 Å². The summed E-state index contributed by atoms with van der Waals surface area (Å²) in [4.78, 5) is 3.33. The second-order valence-corrected chi connectivity index (χ2v) is 3.09. The Bertz CT molecular complexity index is 447. The van der Waals surface area contributed by atoms with E-state index in [1.165, 1.54) is 10.8 Å². The van der Waals surface area contributed by atoms with Crippen LogP contribution in [0.1, 0.15) is 52.8 Å². The van der Waals surface area contributed by atoms with E-state index in [-0.39, 0.29) is 0 Å². The molecular formula is C17H29N. The lowest BCUT2D eigenvalue weighted by Gasteiger charge is -1.92. The van der Waals surface area contributed by atoms with Crippen molar-refractivity contribution in [3.63, 3.8) is 0 Å². The molecule has 1 aromatic heterocycles. The van der Waals surface area contributed by atoms with Crippen molar-refractivity contribution in [2.24, 2.45) is 0 Å². The molecule has 18 heavy (non-hydrogen) atoms. The van der Waals surface area contributed by atoms with Gasteiger partial charge in [-0.1, -0.05) is 59.9 Å². The summed E-state index contributed by atoms with van der Waals surface area (Å²) in [5.74, 6) is 0. The summed E-state index contributed by atoms with van der Waals surface area (Å²) in [6, 6.07) is 0. The summed E-state index contributed by atoms with van der Waals surface area (Å²) in [7, 11) is 0. The van der Waals surface area contributed by atoms with Crippen molar-refractivity contribution in [1.29, 1.82) is 0 Å². The standard InChI is InChI=1S/C13H17N.2C2H6/c1-5-9-13-11(7-3)10(6-2)12(8-4)14-13;2*1-2/h5,7-9,14H,1,4,6H2,2-3H3;2*1-2H3/b11-7-,13-9+;;. The van der Waals surface area contributed by atoms with Crippen LogP contribution in [0.2, 0.25) is 0 Å². The minimum atomic E-state index is 1.02. The molecule has 0 amide bonds. The molecule has 0 aliphatic rings. The van der Waals surface area contributed by atoms with Crippen LogP contribution in [-0.2, 0) is 6.42 Å². The highest BCUT2D eigenvalue weighted by atomic mass is 14.7. The van der Waals surface area contributed by atoms with Crippen LogP contribution in [0.4, 0.5) is 0 Å². The van der Waals surface area contributed by atoms with Gasteiger partial charge in [-0.15, -0.1) is 0 Å². The third-order valence-corrected chi connectivity index (χ3v) is 2.34. The van der Waals surface area contributed by atoms with Gasteiger partial charge in [0.2, 0.25) is 0 Å². The summed E-state index contributed by atoms with van der Waals surface area (Å²) in [5.41, 5.74) is 2.45. The Morgan fingerprint density at radius 2 is 1.67 bits per heavy atom. The van der Waals surface area contributed by atoms with Gasteiger partial charge in [-0.25, -0.2) is 0 Å². The zero-order chi connectivity index (χ0) is 14.6. The van der Waals surface area contributed by atoms with E-state index in [9.17, 15) is 0 Å². The van der Waals surface area contributed by atoms with Crippen molar-refractivity contribution in [2.75, 3.05) is 0 Å². The Labute approximate surface area is 113 Å². The van der Waals surface area contributed by atoms with E-state index in [0.717, 1.165) is 17.5 Å². The molecule has 0 atom stereocenters. The first-order valence-electron chi connectivity index (χ1n) is 6.90. The summed E-state index contributed by atoms with van der Waals surface area (Å²) >= 11 is 0.